The summed E-state index contributed by atoms with van der Waals surface area (Å²) in [7, 11) is 0. The Bertz CT molecular complexity index is 1100. The van der Waals surface area contributed by atoms with Crippen LogP contribution in [0.4, 0.5) is 5.13 Å². The van der Waals surface area contributed by atoms with Crippen LogP contribution in [-0.2, 0) is 10.2 Å². The summed E-state index contributed by atoms with van der Waals surface area (Å²) in [6.07, 6.45) is 3.49. The molecule has 0 unspecified atom stereocenters. The van der Waals surface area contributed by atoms with Crippen molar-refractivity contribution in [2.75, 3.05) is 11.4 Å². The number of thiazole rings is 1. The summed E-state index contributed by atoms with van der Waals surface area (Å²) in [5.41, 5.74) is 2.03. The zero-order chi connectivity index (χ0) is 21.3. The molecule has 0 aliphatic carbocycles. The number of amides is 1. The summed E-state index contributed by atoms with van der Waals surface area (Å²) >= 11 is 1.53. The summed E-state index contributed by atoms with van der Waals surface area (Å²) in [5, 5.41) is 13.4. The van der Waals surface area contributed by atoms with E-state index in [1.807, 2.05) is 57.2 Å². The molecule has 0 bridgehead atoms. The standard InChI is InChI=1S/C23H25N5OS/c1-15(16-8-5-4-6-9-16)26-21(29)18-10-7-11-28(18)22-27-20-19(30-22)12-17(13-25-20)23(2,3)14-24/h4-6,8-9,12-13,15,18H,7,10-11H2,1-3H3,(H,26,29)/t15-,18-/m1/s1. The summed E-state index contributed by atoms with van der Waals surface area (Å²) < 4.78 is 0.939. The number of anilines is 1. The number of nitrogens with one attached hydrogen (secondary N) is 1. The number of fused-ring (bicyclic) bond motifs is 1. The smallest absolute Gasteiger partial charge is 0.243 e. The topological polar surface area (TPSA) is 81.9 Å². The predicted octanol–water partition coefficient (Wildman–Crippen LogP) is 4.34. The van der Waals surface area contributed by atoms with Gasteiger partial charge in [-0.05, 0) is 50.8 Å². The zero-order valence-electron chi connectivity index (χ0n) is 17.4. The van der Waals surface area contributed by atoms with E-state index in [0.717, 1.165) is 40.3 Å². The Hall–Kier alpha value is -2.98. The lowest BCUT2D eigenvalue weighted by Crippen LogP contribution is -2.44. The third kappa shape index (κ3) is 3.88. The molecule has 30 heavy (non-hydrogen) atoms. The quantitative estimate of drug-likeness (QED) is 0.665. The molecule has 1 amide bonds. The largest absolute Gasteiger partial charge is 0.348 e. The summed E-state index contributed by atoms with van der Waals surface area (Å²) in [4.78, 5) is 24.3. The van der Waals surface area contributed by atoms with Gasteiger partial charge in [0.2, 0.25) is 5.91 Å². The Labute approximate surface area is 180 Å². The molecule has 1 aromatic carbocycles. The van der Waals surface area contributed by atoms with Crippen molar-refractivity contribution < 1.29 is 4.79 Å². The number of hydrogen-bond donors (Lipinski definition) is 1. The van der Waals surface area contributed by atoms with E-state index in [1.54, 1.807) is 6.20 Å². The van der Waals surface area contributed by atoms with Crippen LogP contribution < -0.4 is 10.2 Å². The first kappa shape index (κ1) is 20.3. The lowest BCUT2D eigenvalue weighted by atomic mass is 9.88. The van der Waals surface area contributed by atoms with Crippen LogP contribution in [0.5, 0.6) is 0 Å². The van der Waals surface area contributed by atoms with E-state index in [0.29, 0.717) is 5.65 Å². The van der Waals surface area contributed by atoms with E-state index in [2.05, 4.69) is 26.3 Å². The summed E-state index contributed by atoms with van der Waals surface area (Å²) in [6, 6.07) is 14.0. The van der Waals surface area contributed by atoms with Crippen molar-refractivity contribution >= 4 is 32.7 Å². The molecule has 1 saturated heterocycles. The molecule has 2 aromatic heterocycles. The Balaban J connectivity index is 1.55. The molecule has 0 radical (unpaired) electrons. The zero-order valence-corrected chi connectivity index (χ0v) is 18.2. The van der Waals surface area contributed by atoms with Crippen molar-refractivity contribution in [3.63, 3.8) is 0 Å². The molecule has 0 spiro atoms. The highest BCUT2D eigenvalue weighted by Gasteiger charge is 2.33. The second-order valence-electron chi connectivity index (χ2n) is 8.27. The second kappa shape index (κ2) is 8.04. The van der Waals surface area contributed by atoms with E-state index in [9.17, 15) is 10.1 Å². The van der Waals surface area contributed by atoms with Crippen molar-refractivity contribution in [2.24, 2.45) is 0 Å². The average molecular weight is 420 g/mol. The van der Waals surface area contributed by atoms with E-state index in [1.165, 1.54) is 11.3 Å². The number of aromatic nitrogens is 2. The molecule has 1 aliphatic rings. The van der Waals surface area contributed by atoms with Crippen LogP contribution >= 0.6 is 11.3 Å². The Kier molecular flexibility index (Phi) is 5.44. The average Bonchev–Trinajstić information content (AvgIpc) is 3.40. The fraction of sp³-hybridized carbons (Fsp3) is 0.391. The van der Waals surface area contributed by atoms with Crippen LogP contribution in [0.25, 0.3) is 10.3 Å². The van der Waals surface area contributed by atoms with Gasteiger partial charge in [-0.25, -0.2) is 4.98 Å². The Morgan fingerprint density at radius 1 is 1.37 bits per heavy atom. The van der Waals surface area contributed by atoms with Crippen LogP contribution in [0.2, 0.25) is 0 Å². The van der Waals surface area contributed by atoms with Gasteiger partial charge in [-0.15, -0.1) is 0 Å². The monoisotopic (exact) mass is 419 g/mol. The van der Waals surface area contributed by atoms with Gasteiger partial charge in [-0.2, -0.15) is 10.2 Å². The molecule has 4 rings (SSSR count). The highest BCUT2D eigenvalue weighted by Crippen LogP contribution is 2.35. The first-order valence-electron chi connectivity index (χ1n) is 10.2. The minimum atomic E-state index is -0.602. The fourth-order valence-corrected chi connectivity index (χ4v) is 4.78. The number of rotatable bonds is 5. The molecule has 6 nitrogen and oxygen atoms in total. The maximum Gasteiger partial charge on any atom is 0.243 e. The van der Waals surface area contributed by atoms with Crippen molar-refractivity contribution in [1.82, 2.24) is 15.3 Å². The molecule has 1 fully saturated rings. The number of hydrogen-bond acceptors (Lipinski definition) is 6. The Morgan fingerprint density at radius 3 is 2.87 bits per heavy atom. The molecule has 3 heterocycles. The molecule has 1 N–H and O–H groups in total. The molecule has 0 saturated carbocycles. The molecular formula is C23H25N5OS. The highest BCUT2D eigenvalue weighted by atomic mass is 32.1. The van der Waals surface area contributed by atoms with E-state index >= 15 is 0 Å². The lowest BCUT2D eigenvalue weighted by Gasteiger charge is -2.25. The summed E-state index contributed by atoms with van der Waals surface area (Å²) in [5.74, 6) is 0.0300. The van der Waals surface area contributed by atoms with Gasteiger partial charge >= 0.3 is 0 Å². The van der Waals surface area contributed by atoms with Gasteiger partial charge in [0.05, 0.1) is 22.2 Å². The number of pyridine rings is 1. The van der Waals surface area contributed by atoms with E-state index in [-0.39, 0.29) is 18.0 Å². The molecule has 7 heteroatoms. The van der Waals surface area contributed by atoms with Gasteiger partial charge in [0.1, 0.15) is 6.04 Å². The maximum atomic E-state index is 13.0. The van der Waals surface area contributed by atoms with Crippen molar-refractivity contribution in [2.45, 2.75) is 51.1 Å². The first-order chi connectivity index (χ1) is 14.4. The third-order valence-corrected chi connectivity index (χ3v) is 6.73. The van der Waals surface area contributed by atoms with E-state index < -0.39 is 5.41 Å². The third-order valence-electron chi connectivity index (χ3n) is 5.70. The maximum absolute atomic E-state index is 13.0. The molecule has 154 valence electrons. The number of carbonyl (C=O) groups excluding carboxylic acids is 1. The van der Waals surface area contributed by atoms with Crippen LogP contribution in [0.15, 0.2) is 42.6 Å². The van der Waals surface area contributed by atoms with Gasteiger partial charge < -0.3 is 10.2 Å². The molecule has 1 aliphatic heterocycles. The number of nitriles is 1. The number of carbonyl (C=O) groups is 1. The molecule has 3 aromatic rings. The van der Waals surface area contributed by atoms with Crippen LogP contribution in [0.3, 0.4) is 0 Å². The first-order valence-corrected chi connectivity index (χ1v) is 11.0. The van der Waals surface area contributed by atoms with E-state index in [4.69, 9.17) is 0 Å². The minimum absolute atomic E-state index is 0.0300. The predicted molar refractivity (Wildman–Crippen MR) is 119 cm³/mol. The normalized spacial score (nSPS) is 17.7. The van der Waals surface area contributed by atoms with Crippen LogP contribution in [-0.4, -0.2) is 28.5 Å². The van der Waals surface area contributed by atoms with Gasteiger partial charge in [-0.1, -0.05) is 41.7 Å². The molecule has 2 atom stereocenters. The van der Waals surface area contributed by atoms with Crippen LogP contribution in [0.1, 0.15) is 50.8 Å². The summed E-state index contributed by atoms with van der Waals surface area (Å²) in [6.45, 7) is 6.57. The van der Waals surface area contributed by atoms with Crippen LogP contribution in [0, 0.1) is 11.3 Å². The highest BCUT2D eigenvalue weighted by molar-refractivity contribution is 7.22. The number of benzene rings is 1. The van der Waals surface area contributed by atoms with Gasteiger partial charge in [0, 0.05) is 12.7 Å². The fourth-order valence-electron chi connectivity index (χ4n) is 3.74. The van der Waals surface area contributed by atoms with Gasteiger partial charge in [-0.3, -0.25) is 4.79 Å². The van der Waals surface area contributed by atoms with Crippen molar-refractivity contribution in [1.29, 1.82) is 5.26 Å². The number of nitrogens with zero attached hydrogens (tertiary/aromatic N) is 4. The second-order valence-corrected chi connectivity index (χ2v) is 9.28. The van der Waals surface area contributed by atoms with Gasteiger partial charge in [0.25, 0.3) is 0 Å². The Morgan fingerprint density at radius 2 is 2.13 bits per heavy atom. The van der Waals surface area contributed by atoms with Gasteiger partial charge in [0.15, 0.2) is 10.8 Å². The minimum Gasteiger partial charge on any atom is -0.348 e. The SMILES string of the molecule is C[C@@H](NC(=O)[C@H]1CCCN1c1nc2ncc(C(C)(C)C#N)cc2s1)c1ccccc1. The molecular weight excluding hydrogens is 394 g/mol. The van der Waals surface area contributed by atoms with Crippen molar-refractivity contribution in [3.8, 4) is 6.07 Å². The van der Waals surface area contributed by atoms with Crippen molar-refractivity contribution in [3.05, 3.63) is 53.7 Å². The lowest BCUT2D eigenvalue weighted by molar-refractivity contribution is -0.122.